The molecule has 0 radical (unpaired) electrons. The van der Waals surface area contributed by atoms with Gasteiger partial charge >= 0.3 is 0 Å². The maximum Gasteiger partial charge on any atom is 0.241 e. The lowest BCUT2D eigenvalue weighted by Crippen LogP contribution is -2.62. The molecule has 0 aliphatic carbocycles. The van der Waals surface area contributed by atoms with Gasteiger partial charge in [0, 0.05) is 0 Å². The summed E-state index contributed by atoms with van der Waals surface area (Å²) in [5.41, 5.74) is 2.47. The van der Waals surface area contributed by atoms with E-state index >= 15 is 0 Å². The molecule has 0 amide bonds. The second kappa shape index (κ2) is 5.99. The summed E-state index contributed by atoms with van der Waals surface area (Å²) < 4.78 is -8.29. The Hall–Kier alpha value is 2.17. The van der Waals surface area contributed by atoms with Gasteiger partial charge in [-0.2, -0.15) is 5.10 Å². The van der Waals surface area contributed by atoms with Crippen molar-refractivity contribution in [3.05, 3.63) is 0 Å². The Bertz CT molecular complexity index is 368. The maximum absolute atomic E-state index is 6.01. The van der Waals surface area contributed by atoms with Gasteiger partial charge in [-0.05, 0) is 0 Å². The number of rotatable bonds is 2. The van der Waals surface area contributed by atoms with Crippen LogP contribution in [0.25, 0.3) is 0 Å². The number of nitrogens with one attached hydrogen (secondary N) is 1. The van der Waals surface area contributed by atoms with Crippen LogP contribution in [0.5, 0.6) is 0 Å². The van der Waals surface area contributed by atoms with Gasteiger partial charge in [-0.25, -0.2) is 0 Å². The van der Waals surface area contributed by atoms with Crippen molar-refractivity contribution in [2.75, 3.05) is 0 Å². The fourth-order valence-electron chi connectivity index (χ4n) is 1.09. The Morgan fingerprint density at radius 1 is 0.842 bits per heavy atom. The molecule has 1 atom stereocenters. The van der Waals surface area contributed by atoms with Crippen molar-refractivity contribution in [3.8, 4) is 0 Å². The molecule has 0 saturated carbocycles. The summed E-state index contributed by atoms with van der Waals surface area (Å²) in [6, 6.07) is 0. The van der Waals surface area contributed by atoms with Crippen molar-refractivity contribution in [2.24, 2.45) is 5.10 Å². The first-order valence-corrected chi connectivity index (χ1v) is 7.97. The molecule has 1 unspecified atom stereocenters. The number of hydrogen-bond donors (Lipinski definition) is 1. The van der Waals surface area contributed by atoms with Crippen LogP contribution in [0.1, 0.15) is 0 Å². The quantitative estimate of drug-likeness (QED) is 0.442. The molecule has 1 aliphatic rings. The van der Waals surface area contributed by atoms with Gasteiger partial charge in [0.25, 0.3) is 0 Å². The van der Waals surface area contributed by atoms with Gasteiger partial charge in [-0.3, -0.25) is 5.43 Å². The molecular formula is C6H3Cl10N3. The van der Waals surface area contributed by atoms with Crippen LogP contribution < -0.4 is 5.43 Å². The number of alkyl halides is 10. The lowest BCUT2D eigenvalue weighted by molar-refractivity contribution is 0.240. The highest BCUT2D eigenvalue weighted by atomic mass is 35.6. The zero-order chi connectivity index (χ0) is 15.3. The van der Waals surface area contributed by atoms with Crippen molar-refractivity contribution >= 4 is 122 Å². The summed E-state index contributed by atoms with van der Waals surface area (Å²) in [5, 5.41) is 3.67. The van der Waals surface area contributed by atoms with Crippen LogP contribution in [-0.2, 0) is 0 Å². The number of halogens is 10. The second-order valence-electron chi connectivity index (χ2n) is 3.34. The van der Waals surface area contributed by atoms with Crippen LogP contribution >= 0.6 is 116 Å². The first kappa shape index (κ1) is 19.2. The van der Waals surface area contributed by atoms with Crippen molar-refractivity contribution in [1.82, 2.24) is 10.3 Å². The predicted octanol–water partition coefficient (Wildman–Crippen LogP) is 5.21. The molecule has 112 valence electrons. The van der Waals surface area contributed by atoms with E-state index in [1.165, 1.54) is 0 Å². The molecule has 0 aromatic heterocycles. The smallest absolute Gasteiger partial charge is 0.241 e. The van der Waals surface area contributed by atoms with Gasteiger partial charge in [0.1, 0.15) is 6.34 Å². The van der Waals surface area contributed by atoms with E-state index in [1.807, 2.05) is 0 Å². The van der Waals surface area contributed by atoms with Crippen molar-refractivity contribution in [2.45, 2.75) is 22.5 Å². The molecule has 0 bridgehead atoms. The van der Waals surface area contributed by atoms with Gasteiger partial charge in [-0.1, -0.05) is 116 Å². The Balaban J connectivity index is 3.14. The van der Waals surface area contributed by atoms with Gasteiger partial charge in [-0.15, -0.1) is 0 Å². The molecule has 1 aliphatic heterocycles. The molecular weight excluding hydrogens is 469 g/mol. The van der Waals surface area contributed by atoms with E-state index in [4.69, 9.17) is 116 Å². The minimum absolute atomic E-state index is 1.02. The monoisotopic (exact) mass is 467 g/mol. The molecule has 0 fully saturated rings. The number of hydrazone groups is 1. The molecule has 19 heavy (non-hydrogen) atoms. The highest BCUT2D eigenvalue weighted by Gasteiger charge is 2.61. The fraction of sp³-hybridized carbons (Fsp3) is 0.833. The fourth-order valence-corrected chi connectivity index (χ4v) is 2.28. The highest BCUT2D eigenvalue weighted by Crippen LogP contribution is 2.54. The van der Waals surface area contributed by atoms with E-state index in [0.29, 0.717) is 0 Å². The SMILES string of the molecule is ClC(Cl)(Cl)C(Cl)(Cl)C1NN=CN1C(Cl)(Cl)C(Cl)(Cl)Cl. The third-order valence-electron chi connectivity index (χ3n) is 2.04. The highest BCUT2D eigenvalue weighted by molar-refractivity contribution is 6.76. The maximum atomic E-state index is 6.01. The molecule has 0 spiro atoms. The van der Waals surface area contributed by atoms with E-state index in [9.17, 15) is 0 Å². The molecule has 0 aromatic rings. The first-order valence-electron chi connectivity index (χ1n) is 4.19. The first-order chi connectivity index (χ1) is 8.23. The Morgan fingerprint density at radius 2 is 1.32 bits per heavy atom. The largest absolute Gasteiger partial charge is 0.301 e. The molecule has 3 nitrogen and oxygen atoms in total. The summed E-state index contributed by atoms with van der Waals surface area (Å²) in [4.78, 5) is 1.02. The summed E-state index contributed by atoms with van der Waals surface area (Å²) in [5.74, 6) is 0. The van der Waals surface area contributed by atoms with Crippen LogP contribution in [0, 0.1) is 0 Å². The molecule has 1 heterocycles. The molecule has 0 saturated heterocycles. The minimum Gasteiger partial charge on any atom is -0.301 e. The van der Waals surface area contributed by atoms with E-state index in [0.717, 1.165) is 11.2 Å². The summed E-state index contributed by atoms with van der Waals surface area (Å²) >= 11 is 58.1. The summed E-state index contributed by atoms with van der Waals surface area (Å²) in [6.07, 6.45) is -0.0448. The van der Waals surface area contributed by atoms with Gasteiger partial charge < -0.3 is 4.90 Å². The standard InChI is InChI=1S/C6H3Cl10N3/c7-3(8,4(9,10)11)2-18-17-1-19(2)6(15,16)5(12,13)14/h1-2,18H. The van der Waals surface area contributed by atoms with Gasteiger partial charge in [0.2, 0.25) is 16.4 Å². The zero-order valence-corrected chi connectivity index (χ0v) is 15.9. The zero-order valence-electron chi connectivity index (χ0n) is 8.33. The lowest BCUT2D eigenvalue weighted by atomic mass is 10.3. The van der Waals surface area contributed by atoms with E-state index in [1.54, 1.807) is 0 Å². The van der Waals surface area contributed by atoms with E-state index in [-0.39, 0.29) is 0 Å². The minimum atomic E-state index is -2.12. The average molecular weight is 472 g/mol. The molecule has 1 rings (SSSR count). The molecule has 13 heteroatoms. The van der Waals surface area contributed by atoms with Crippen molar-refractivity contribution in [1.29, 1.82) is 0 Å². The Labute approximate surface area is 159 Å². The van der Waals surface area contributed by atoms with Crippen molar-refractivity contribution in [3.63, 3.8) is 0 Å². The topological polar surface area (TPSA) is 27.6 Å². The predicted molar refractivity (Wildman–Crippen MR) is 86.7 cm³/mol. The van der Waals surface area contributed by atoms with E-state index in [2.05, 4.69) is 10.5 Å². The van der Waals surface area contributed by atoms with Gasteiger partial charge in [0.15, 0.2) is 6.17 Å². The van der Waals surface area contributed by atoms with Gasteiger partial charge in [0.05, 0.1) is 0 Å². The average Bonchev–Trinajstić information content (AvgIpc) is 2.62. The lowest BCUT2D eigenvalue weighted by Gasteiger charge is -2.43. The summed E-state index contributed by atoms with van der Waals surface area (Å²) in [7, 11) is 0. The normalized spacial score (nSPS) is 21.8. The second-order valence-corrected chi connectivity index (χ2v) is 10.6. The third-order valence-corrected chi connectivity index (χ3v) is 6.86. The Kier molecular flexibility index (Phi) is 6.06. The number of hydrogen-bond acceptors (Lipinski definition) is 3. The third kappa shape index (κ3) is 3.74. The van der Waals surface area contributed by atoms with Crippen LogP contribution in [0.2, 0.25) is 0 Å². The van der Waals surface area contributed by atoms with Crippen LogP contribution in [0.15, 0.2) is 5.10 Å². The number of nitrogens with zero attached hydrogens (tertiary/aromatic N) is 2. The molecule has 0 aromatic carbocycles. The van der Waals surface area contributed by atoms with Crippen molar-refractivity contribution < 1.29 is 0 Å². The van der Waals surface area contributed by atoms with Crippen LogP contribution in [-0.4, -0.2) is 33.8 Å². The van der Waals surface area contributed by atoms with Crippen LogP contribution in [0.4, 0.5) is 0 Å². The molecule has 1 N–H and O–H groups in total. The summed E-state index contributed by atoms with van der Waals surface area (Å²) in [6.45, 7) is 0. The van der Waals surface area contributed by atoms with Crippen LogP contribution in [0.3, 0.4) is 0 Å². The van der Waals surface area contributed by atoms with E-state index < -0.39 is 22.5 Å². The Morgan fingerprint density at radius 3 is 1.68 bits per heavy atom.